The predicted molar refractivity (Wildman–Crippen MR) is 71.0 cm³/mol. The van der Waals surface area contributed by atoms with E-state index in [1.807, 2.05) is 0 Å². The molecule has 1 spiro atoms. The molecule has 1 saturated carbocycles. The molecule has 3 rings (SSSR count). The van der Waals surface area contributed by atoms with Crippen LogP contribution in [0, 0.1) is 5.82 Å². The maximum Gasteiger partial charge on any atom is 0.123 e. The number of hydrogen-bond donors (Lipinski definition) is 1. The van der Waals surface area contributed by atoms with E-state index in [4.69, 9.17) is 4.74 Å². The van der Waals surface area contributed by atoms with Gasteiger partial charge in [0.2, 0.25) is 0 Å². The second-order valence-corrected chi connectivity index (χ2v) is 5.05. The molecule has 100 valence electrons. The lowest BCUT2D eigenvalue weighted by Crippen LogP contribution is -2.59. The molecule has 2 unspecified atom stereocenters. The molecule has 0 radical (unpaired) electrons. The first-order valence-corrected chi connectivity index (χ1v) is 6.79. The van der Waals surface area contributed by atoms with Crippen LogP contribution < -0.4 is 5.32 Å². The number of rotatable bonds is 1. The van der Waals surface area contributed by atoms with E-state index in [1.54, 1.807) is 18.2 Å². The first kappa shape index (κ1) is 13.5. The lowest BCUT2D eigenvalue weighted by molar-refractivity contribution is -0.180. The van der Waals surface area contributed by atoms with Gasteiger partial charge in [-0.1, -0.05) is 31.0 Å². The maximum absolute atomic E-state index is 11.9. The minimum atomic E-state index is -0.178. The van der Waals surface area contributed by atoms with Crippen molar-refractivity contribution < 1.29 is 9.13 Å². The van der Waals surface area contributed by atoms with Gasteiger partial charge < -0.3 is 10.1 Å². The Bertz CT molecular complexity index is 351. The normalized spacial score (nSPS) is 30.2. The molecule has 18 heavy (non-hydrogen) atoms. The largest absolute Gasteiger partial charge is 0.373 e. The van der Waals surface area contributed by atoms with E-state index in [2.05, 4.69) is 12.4 Å². The van der Waals surface area contributed by atoms with Gasteiger partial charge in [0, 0.05) is 12.5 Å². The van der Waals surface area contributed by atoms with Crippen molar-refractivity contribution in [2.75, 3.05) is 13.7 Å². The number of ether oxygens (including phenoxy) is 1. The minimum absolute atomic E-state index is 0.178. The van der Waals surface area contributed by atoms with Crippen LogP contribution in [0.5, 0.6) is 0 Å². The third-order valence-electron chi connectivity index (χ3n) is 3.97. The first-order chi connectivity index (χ1) is 8.77. The summed E-state index contributed by atoms with van der Waals surface area (Å²) in [6.07, 6.45) is 6.59. The van der Waals surface area contributed by atoms with Crippen LogP contribution in [-0.2, 0) is 4.74 Å². The molecule has 0 bridgehead atoms. The fourth-order valence-electron chi connectivity index (χ4n) is 2.87. The van der Waals surface area contributed by atoms with E-state index in [-0.39, 0.29) is 11.4 Å². The van der Waals surface area contributed by atoms with Gasteiger partial charge in [-0.05, 0) is 32.0 Å². The molecule has 2 fully saturated rings. The van der Waals surface area contributed by atoms with Crippen molar-refractivity contribution in [2.45, 2.75) is 43.7 Å². The molecule has 0 amide bonds. The topological polar surface area (TPSA) is 21.3 Å². The number of benzene rings is 1. The van der Waals surface area contributed by atoms with Gasteiger partial charge in [0.15, 0.2) is 0 Å². The summed E-state index contributed by atoms with van der Waals surface area (Å²) in [5.74, 6) is -0.178. The van der Waals surface area contributed by atoms with E-state index < -0.39 is 0 Å². The van der Waals surface area contributed by atoms with Gasteiger partial charge in [0.05, 0.1) is 12.2 Å². The lowest BCUT2D eigenvalue weighted by Gasteiger charge is -2.50. The van der Waals surface area contributed by atoms with Crippen LogP contribution in [0.15, 0.2) is 30.3 Å². The summed E-state index contributed by atoms with van der Waals surface area (Å²) < 4.78 is 17.6. The van der Waals surface area contributed by atoms with Crippen LogP contribution >= 0.6 is 0 Å². The molecule has 1 aromatic rings. The van der Waals surface area contributed by atoms with Gasteiger partial charge in [-0.3, -0.25) is 0 Å². The van der Waals surface area contributed by atoms with E-state index >= 15 is 0 Å². The average Bonchev–Trinajstić information content (AvgIpc) is 2.38. The van der Waals surface area contributed by atoms with Crippen LogP contribution in [0.25, 0.3) is 0 Å². The zero-order chi connectivity index (χ0) is 12.8. The predicted octanol–water partition coefficient (Wildman–Crippen LogP) is 3.13. The molecule has 1 aliphatic carbocycles. The summed E-state index contributed by atoms with van der Waals surface area (Å²) in [6, 6.07) is 8.57. The summed E-state index contributed by atoms with van der Waals surface area (Å²) in [6.45, 7) is 0.984. The second kappa shape index (κ2) is 6.30. The highest BCUT2D eigenvalue weighted by atomic mass is 19.1. The lowest BCUT2D eigenvalue weighted by atomic mass is 9.75. The monoisotopic (exact) mass is 251 g/mol. The first-order valence-electron chi connectivity index (χ1n) is 6.79. The van der Waals surface area contributed by atoms with Gasteiger partial charge in [0.1, 0.15) is 5.82 Å². The van der Waals surface area contributed by atoms with Crippen LogP contribution in [-0.4, -0.2) is 25.3 Å². The van der Waals surface area contributed by atoms with Gasteiger partial charge in [-0.15, -0.1) is 0 Å². The van der Waals surface area contributed by atoms with Crippen molar-refractivity contribution in [3.8, 4) is 0 Å². The van der Waals surface area contributed by atoms with Gasteiger partial charge in [0.25, 0.3) is 0 Å². The van der Waals surface area contributed by atoms with Gasteiger partial charge in [-0.2, -0.15) is 0 Å². The molecular weight excluding hydrogens is 229 g/mol. The molecule has 2 aliphatic rings. The Balaban J connectivity index is 0.000000149. The Morgan fingerprint density at radius 1 is 1.22 bits per heavy atom. The van der Waals surface area contributed by atoms with Crippen molar-refractivity contribution >= 4 is 0 Å². The Morgan fingerprint density at radius 3 is 2.33 bits per heavy atom. The zero-order valence-corrected chi connectivity index (χ0v) is 11.0. The Morgan fingerprint density at radius 2 is 1.94 bits per heavy atom. The van der Waals surface area contributed by atoms with Crippen LogP contribution in [0.2, 0.25) is 0 Å². The van der Waals surface area contributed by atoms with Crippen molar-refractivity contribution in [2.24, 2.45) is 0 Å². The van der Waals surface area contributed by atoms with E-state index in [9.17, 15) is 4.39 Å². The van der Waals surface area contributed by atoms with E-state index in [0.717, 1.165) is 6.61 Å². The molecule has 2 atom stereocenters. The summed E-state index contributed by atoms with van der Waals surface area (Å²) in [5, 5.41) is 3.37. The molecule has 1 heterocycles. The summed E-state index contributed by atoms with van der Waals surface area (Å²) in [7, 11) is 2.05. The Kier molecular flexibility index (Phi) is 4.72. The van der Waals surface area contributed by atoms with Crippen LogP contribution in [0.4, 0.5) is 4.39 Å². The molecule has 3 heteroatoms. The summed E-state index contributed by atoms with van der Waals surface area (Å²) >= 11 is 0. The summed E-state index contributed by atoms with van der Waals surface area (Å²) in [5.41, 5.74) is 0.257. The molecular formula is C15H22FNO. The van der Waals surface area contributed by atoms with Crippen molar-refractivity contribution in [1.82, 2.24) is 5.32 Å². The highest BCUT2D eigenvalue weighted by molar-refractivity contribution is 5.02. The second-order valence-electron chi connectivity index (χ2n) is 5.05. The quantitative estimate of drug-likeness (QED) is 0.828. The molecule has 2 nitrogen and oxygen atoms in total. The highest BCUT2D eigenvalue weighted by Crippen LogP contribution is 2.40. The smallest absolute Gasteiger partial charge is 0.123 e. The van der Waals surface area contributed by atoms with Crippen molar-refractivity contribution in [3.63, 3.8) is 0 Å². The number of hydrogen-bond acceptors (Lipinski definition) is 2. The maximum atomic E-state index is 11.9. The van der Waals surface area contributed by atoms with Crippen LogP contribution in [0.3, 0.4) is 0 Å². The molecule has 1 aromatic carbocycles. The minimum Gasteiger partial charge on any atom is -0.373 e. The average molecular weight is 251 g/mol. The standard InChI is InChI=1S/C9H17NO.C6H5F/c1-10-8-4-2-3-5-9(8)6-7-11-9;7-6-4-2-1-3-5-6/h8,10H,2-7H2,1H3;1-5H. The number of likely N-dealkylation sites (N-methyl/N-ethyl adjacent to an activating group) is 1. The third kappa shape index (κ3) is 3.09. The van der Waals surface area contributed by atoms with Crippen LogP contribution in [0.1, 0.15) is 32.1 Å². The summed E-state index contributed by atoms with van der Waals surface area (Å²) in [4.78, 5) is 0. The van der Waals surface area contributed by atoms with Gasteiger partial charge >= 0.3 is 0 Å². The highest BCUT2D eigenvalue weighted by Gasteiger charge is 2.45. The third-order valence-corrected chi connectivity index (χ3v) is 3.97. The molecule has 0 aromatic heterocycles. The van der Waals surface area contributed by atoms with Gasteiger partial charge in [-0.25, -0.2) is 4.39 Å². The van der Waals surface area contributed by atoms with Crippen molar-refractivity contribution in [3.05, 3.63) is 36.1 Å². The van der Waals surface area contributed by atoms with E-state index in [1.165, 1.54) is 44.2 Å². The number of halogens is 1. The molecule has 1 N–H and O–H groups in total. The van der Waals surface area contributed by atoms with Crippen molar-refractivity contribution in [1.29, 1.82) is 0 Å². The Labute approximate surface area is 109 Å². The fourth-order valence-corrected chi connectivity index (χ4v) is 2.87. The SMILES string of the molecule is CNC1CCCCC12CCO2.Fc1ccccc1. The Hall–Kier alpha value is -0.930. The molecule has 1 aliphatic heterocycles. The number of nitrogens with one attached hydrogen (secondary N) is 1. The molecule has 1 saturated heterocycles. The fraction of sp³-hybridized carbons (Fsp3) is 0.600. The zero-order valence-electron chi connectivity index (χ0n) is 11.0. The van der Waals surface area contributed by atoms with E-state index in [0.29, 0.717) is 6.04 Å².